The molecule has 116 valence electrons. The van der Waals surface area contributed by atoms with E-state index in [1.54, 1.807) is 19.9 Å². The summed E-state index contributed by atoms with van der Waals surface area (Å²) in [6, 6.07) is 2.38. The van der Waals surface area contributed by atoms with Crippen molar-refractivity contribution in [3.63, 3.8) is 0 Å². The van der Waals surface area contributed by atoms with E-state index < -0.39 is 26.1 Å². The molecule has 0 aliphatic heterocycles. The van der Waals surface area contributed by atoms with E-state index in [2.05, 4.69) is 4.72 Å². The van der Waals surface area contributed by atoms with Gasteiger partial charge in [0.05, 0.1) is 18.4 Å². The van der Waals surface area contributed by atoms with Crippen LogP contribution in [0.1, 0.15) is 24.8 Å². The van der Waals surface area contributed by atoms with Crippen LogP contribution in [0.3, 0.4) is 0 Å². The largest absolute Gasteiger partial charge is 0.381 e. The summed E-state index contributed by atoms with van der Waals surface area (Å²) in [4.78, 5) is 0.578. The van der Waals surface area contributed by atoms with Crippen LogP contribution in [0.5, 0.6) is 0 Å². The van der Waals surface area contributed by atoms with Crippen LogP contribution in [0, 0.1) is 0 Å². The van der Waals surface area contributed by atoms with Crippen LogP contribution in [0.25, 0.3) is 0 Å². The van der Waals surface area contributed by atoms with Crippen LogP contribution in [0.4, 0.5) is 0 Å². The number of hydrogen-bond acceptors (Lipinski definition) is 6. The molecule has 0 bridgehead atoms. The SMILES string of the molecule is CCOCCS(=O)(=O)NC(C)c1ccc(S(N)(=O)=O)s1. The van der Waals surface area contributed by atoms with Gasteiger partial charge < -0.3 is 4.74 Å². The van der Waals surface area contributed by atoms with Crippen LogP contribution >= 0.6 is 11.3 Å². The molecule has 10 heteroatoms. The summed E-state index contributed by atoms with van der Waals surface area (Å²) in [6.07, 6.45) is 0. The van der Waals surface area contributed by atoms with Gasteiger partial charge in [0.15, 0.2) is 0 Å². The first-order valence-electron chi connectivity index (χ1n) is 5.86. The van der Waals surface area contributed by atoms with Crippen LogP contribution < -0.4 is 9.86 Å². The molecule has 1 aromatic rings. The molecule has 1 unspecified atom stereocenters. The topological polar surface area (TPSA) is 116 Å². The molecule has 0 saturated carbocycles. The summed E-state index contributed by atoms with van der Waals surface area (Å²) in [7, 11) is -7.23. The summed E-state index contributed by atoms with van der Waals surface area (Å²) in [6.45, 7) is 3.99. The van der Waals surface area contributed by atoms with Gasteiger partial charge in [-0.15, -0.1) is 11.3 Å². The van der Waals surface area contributed by atoms with E-state index in [0.717, 1.165) is 11.3 Å². The Bertz CT molecular complexity index is 636. The van der Waals surface area contributed by atoms with Gasteiger partial charge in [-0.2, -0.15) is 0 Å². The van der Waals surface area contributed by atoms with E-state index >= 15 is 0 Å². The minimum absolute atomic E-state index is 0.00728. The molecule has 0 aliphatic rings. The molecule has 3 N–H and O–H groups in total. The average Bonchev–Trinajstić information content (AvgIpc) is 2.77. The third-order valence-electron chi connectivity index (χ3n) is 2.37. The minimum Gasteiger partial charge on any atom is -0.381 e. The van der Waals surface area contributed by atoms with E-state index in [1.807, 2.05) is 0 Å². The first-order chi connectivity index (χ1) is 9.15. The highest BCUT2D eigenvalue weighted by atomic mass is 32.2. The Morgan fingerprint density at radius 3 is 2.50 bits per heavy atom. The lowest BCUT2D eigenvalue weighted by molar-refractivity contribution is 0.163. The zero-order chi connectivity index (χ0) is 15.4. The van der Waals surface area contributed by atoms with Gasteiger partial charge in [0.25, 0.3) is 0 Å². The molecule has 0 fully saturated rings. The number of hydrogen-bond donors (Lipinski definition) is 2. The van der Waals surface area contributed by atoms with E-state index in [1.165, 1.54) is 6.07 Å². The Labute approximate surface area is 123 Å². The van der Waals surface area contributed by atoms with Crippen LogP contribution in [0.15, 0.2) is 16.3 Å². The summed E-state index contributed by atoms with van der Waals surface area (Å²) < 4.78 is 53.3. The lowest BCUT2D eigenvalue weighted by atomic mass is 10.3. The maximum Gasteiger partial charge on any atom is 0.247 e. The van der Waals surface area contributed by atoms with Gasteiger partial charge in [-0.3, -0.25) is 0 Å². The lowest BCUT2D eigenvalue weighted by Gasteiger charge is -2.12. The summed E-state index contributed by atoms with van der Waals surface area (Å²) >= 11 is 0.946. The third-order valence-corrected chi connectivity index (χ3v) is 6.49. The number of sulfonamides is 2. The fourth-order valence-corrected chi connectivity index (χ4v) is 4.37. The predicted octanol–water partition coefficient (Wildman–Crippen LogP) is 0.412. The van der Waals surface area contributed by atoms with Gasteiger partial charge in [0, 0.05) is 11.5 Å². The molecule has 1 heterocycles. The van der Waals surface area contributed by atoms with E-state index in [-0.39, 0.29) is 16.6 Å². The molecule has 0 amide bonds. The number of nitrogens with one attached hydrogen (secondary N) is 1. The summed E-state index contributed by atoms with van der Waals surface area (Å²) in [5.74, 6) is -0.140. The molecule has 1 aromatic heterocycles. The number of primary sulfonamides is 1. The van der Waals surface area contributed by atoms with Gasteiger partial charge in [0.1, 0.15) is 4.21 Å². The fourth-order valence-electron chi connectivity index (χ4n) is 1.42. The van der Waals surface area contributed by atoms with E-state index in [4.69, 9.17) is 9.88 Å². The monoisotopic (exact) mass is 342 g/mol. The van der Waals surface area contributed by atoms with Crippen molar-refractivity contribution in [3.8, 4) is 0 Å². The first kappa shape index (κ1) is 17.5. The first-order valence-corrected chi connectivity index (χ1v) is 9.87. The molecule has 0 aromatic carbocycles. The second-order valence-electron chi connectivity index (χ2n) is 4.06. The highest BCUT2D eigenvalue weighted by Crippen LogP contribution is 2.26. The highest BCUT2D eigenvalue weighted by molar-refractivity contribution is 7.91. The van der Waals surface area contributed by atoms with Crippen molar-refractivity contribution in [2.45, 2.75) is 24.1 Å². The molecular formula is C10H18N2O5S3. The Morgan fingerprint density at radius 1 is 1.35 bits per heavy atom. The fraction of sp³-hybridized carbons (Fsp3) is 0.600. The minimum atomic E-state index is -3.76. The zero-order valence-corrected chi connectivity index (χ0v) is 13.6. The van der Waals surface area contributed by atoms with E-state index in [0.29, 0.717) is 11.5 Å². The Kier molecular flexibility index (Phi) is 6.10. The number of ether oxygens (including phenoxy) is 1. The smallest absolute Gasteiger partial charge is 0.247 e. The Balaban J connectivity index is 2.71. The maximum atomic E-state index is 11.8. The van der Waals surface area contributed by atoms with Gasteiger partial charge in [-0.1, -0.05) is 0 Å². The molecule has 0 saturated heterocycles. The second kappa shape index (κ2) is 6.96. The number of rotatable bonds is 8. The van der Waals surface area contributed by atoms with Crippen molar-refractivity contribution in [1.82, 2.24) is 4.72 Å². The summed E-state index contributed by atoms with van der Waals surface area (Å²) in [5, 5.41) is 5.01. The lowest BCUT2D eigenvalue weighted by Crippen LogP contribution is -2.30. The van der Waals surface area contributed by atoms with Crippen molar-refractivity contribution in [1.29, 1.82) is 0 Å². The molecule has 0 radical (unpaired) electrons. The van der Waals surface area contributed by atoms with Gasteiger partial charge in [-0.05, 0) is 26.0 Å². The quantitative estimate of drug-likeness (QED) is 0.664. The van der Waals surface area contributed by atoms with Crippen molar-refractivity contribution in [2.24, 2.45) is 5.14 Å². The average molecular weight is 342 g/mol. The molecule has 1 rings (SSSR count). The Hall–Kier alpha value is -0.520. The number of nitrogens with two attached hydrogens (primary N) is 1. The van der Waals surface area contributed by atoms with Gasteiger partial charge in [0.2, 0.25) is 20.0 Å². The number of thiophene rings is 1. The highest BCUT2D eigenvalue weighted by Gasteiger charge is 2.19. The van der Waals surface area contributed by atoms with Crippen LogP contribution in [0.2, 0.25) is 0 Å². The molecule has 0 spiro atoms. The van der Waals surface area contributed by atoms with Crippen molar-refractivity contribution in [2.75, 3.05) is 19.0 Å². The van der Waals surface area contributed by atoms with Gasteiger partial charge in [-0.25, -0.2) is 26.7 Å². The zero-order valence-electron chi connectivity index (χ0n) is 11.2. The molecule has 1 atom stereocenters. The maximum absolute atomic E-state index is 11.8. The second-order valence-corrected chi connectivity index (χ2v) is 8.83. The van der Waals surface area contributed by atoms with Crippen molar-refractivity contribution >= 4 is 31.4 Å². The molecule has 7 nitrogen and oxygen atoms in total. The predicted molar refractivity (Wildman–Crippen MR) is 77.5 cm³/mol. The molecule has 20 heavy (non-hydrogen) atoms. The Morgan fingerprint density at radius 2 is 2.00 bits per heavy atom. The van der Waals surface area contributed by atoms with Crippen molar-refractivity contribution in [3.05, 3.63) is 17.0 Å². The molecule has 0 aliphatic carbocycles. The third kappa shape index (κ3) is 5.46. The van der Waals surface area contributed by atoms with Gasteiger partial charge >= 0.3 is 0 Å². The van der Waals surface area contributed by atoms with E-state index in [9.17, 15) is 16.8 Å². The molecular weight excluding hydrogens is 324 g/mol. The normalized spacial score (nSPS) is 14.3. The van der Waals surface area contributed by atoms with Crippen LogP contribution in [-0.2, 0) is 24.8 Å². The van der Waals surface area contributed by atoms with Crippen LogP contribution in [-0.4, -0.2) is 35.8 Å². The van der Waals surface area contributed by atoms with Crippen molar-refractivity contribution < 1.29 is 21.6 Å². The summed E-state index contributed by atoms with van der Waals surface area (Å²) in [5.41, 5.74) is 0. The standard InChI is InChI=1S/C10H18N2O5S3/c1-3-17-6-7-19(13,14)12-8(2)9-4-5-10(18-9)20(11,15)16/h4-5,8,12H,3,6-7H2,1-2H3,(H2,11,15,16).